The molecule has 0 bridgehead atoms. The van der Waals surface area contributed by atoms with E-state index in [9.17, 15) is 4.79 Å². The van der Waals surface area contributed by atoms with Crippen LogP contribution in [0.1, 0.15) is 10.4 Å². The van der Waals surface area contributed by atoms with Gasteiger partial charge >= 0.3 is 0 Å². The van der Waals surface area contributed by atoms with Gasteiger partial charge in [0, 0.05) is 16.5 Å². The molecular weight excluding hydrogens is 236 g/mol. The van der Waals surface area contributed by atoms with Gasteiger partial charge in [-0.25, -0.2) is 9.50 Å². The van der Waals surface area contributed by atoms with Crippen molar-refractivity contribution in [2.75, 3.05) is 0 Å². The van der Waals surface area contributed by atoms with Gasteiger partial charge in [0.2, 0.25) is 10.9 Å². The molecule has 17 heavy (non-hydrogen) atoms. The van der Waals surface area contributed by atoms with Gasteiger partial charge in [0.25, 0.3) is 0 Å². The molecule has 0 aliphatic rings. The van der Waals surface area contributed by atoms with Crippen molar-refractivity contribution in [3.63, 3.8) is 0 Å². The highest BCUT2D eigenvalue weighted by atomic mass is 32.1. The summed E-state index contributed by atoms with van der Waals surface area (Å²) in [5.41, 5.74) is 7.63. The van der Waals surface area contributed by atoms with E-state index in [0.717, 1.165) is 16.2 Å². The highest BCUT2D eigenvalue weighted by Gasteiger charge is 2.08. The Kier molecular flexibility index (Phi) is 2.15. The van der Waals surface area contributed by atoms with Crippen molar-refractivity contribution < 1.29 is 4.79 Å². The fourth-order valence-electron chi connectivity index (χ4n) is 1.63. The summed E-state index contributed by atoms with van der Waals surface area (Å²) in [6.45, 7) is 0. The number of amides is 1. The van der Waals surface area contributed by atoms with E-state index in [1.54, 1.807) is 16.6 Å². The van der Waals surface area contributed by atoms with Gasteiger partial charge in [-0.2, -0.15) is 5.10 Å². The molecule has 1 amide bonds. The maximum absolute atomic E-state index is 11.0. The molecule has 5 nitrogen and oxygen atoms in total. The second kappa shape index (κ2) is 3.67. The third-order valence-electron chi connectivity index (χ3n) is 2.49. The van der Waals surface area contributed by atoms with Crippen LogP contribution in [0, 0.1) is 0 Å². The molecule has 0 fully saturated rings. The maximum Gasteiger partial charge on any atom is 0.248 e. The molecule has 3 rings (SSSR count). The van der Waals surface area contributed by atoms with E-state index in [-0.39, 0.29) is 0 Å². The Hall–Kier alpha value is -2.21. The summed E-state index contributed by atoms with van der Waals surface area (Å²) in [6, 6.07) is 7.11. The van der Waals surface area contributed by atoms with Gasteiger partial charge in [0.05, 0.1) is 5.69 Å². The third-order valence-corrected chi connectivity index (χ3v) is 3.32. The Morgan fingerprint density at radius 1 is 1.29 bits per heavy atom. The smallest absolute Gasteiger partial charge is 0.248 e. The highest BCUT2D eigenvalue weighted by molar-refractivity contribution is 7.15. The predicted octanol–water partition coefficient (Wildman–Crippen LogP) is 1.56. The lowest BCUT2D eigenvalue weighted by atomic mass is 10.1. The predicted molar refractivity (Wildman–Crippen MR) is 64.8 cm³/mol. The van der Waals surface area contributed by atoms with Gasteiger partial charge in [0.1, 0.15) is 6.33 Å². The molecule has 0 atom stereocenters. The number of rotatable bonds is 2. The molecule has 1 aromatic carbocycles. The largest absolute Gasteiger partial charge is 0.366 e. The van der Waals surface area contributed by atoms with E-state index in [2.05, 4.69) is 10.1 Å². The van der Waals surface area contributed by atoms with Crippen LogP contribution in [0.15, 0.2) is 36.0 Å². The minimum Gasteiger partial charge on any atom is -0.366 e. The number of hydrogen-bond acceptors (Lipinski definition) is 4. The van der Waals surface area contributed by atoms with E-state index in [4.69, 9.17) is 5.73 Å². The van der Waals surface area contributed by atoms with E-state index in [1.807, 2.05) is 17.5 Å². The first kappa shape index (κ1) is 9.98. The number of hydrogen-bond donors (Lipinski definition) is 1. The number of carbonyl (C=O) groups is 1. The zero-order valence-corrected chi connectivity index (χ0v) is 9.52. The Labute approximate surface area is 101 Å². The van der Waals surface area contributed by atoms with E-state index in [0.29, 0.717) is 5.56 Å². The topological polar surface area (TPSA) is 73.3 Å². The Morgan fingerprint density at radius 2 is 2.06 bits per heavy atom. The van der Waals surface area contributed by atoms with Crippen LogP contribution in [-0.4, -0.2) is 20.5 Å². The Balaban J connectivity index is 2.10. The van der Waals surface area contributed by atoms with Crippen LogP contribution in [-0.2, 0) is 0 Å². The van der Waals surface area contributed by atoms with E-state index < -0.39 is 5.91 Å². The zero-order valence-electron chi connectivity index (χ0n) is 8.70. The average molecular weight is 244 g/mol. The number of nitrogens with two attached hydrogens (primary N) is 1. The summed E-state index contributed by atoms with van der Waals surface area (Å²) in [4.78, 5) is 15.9. The van der Waals surface area contributed by atoms with Crippen LogP contribution in [0.4, 0.5) is 0 Å². The van der Waals surface area contributed by atoms with Crippen molar-refractivity contribution in [1.29, 1.82) is 0 Å². The molecule has 0 aliphatic heterocycles. The average Bonchev–Trinajstić information content (AvgIpc) is 2.90. The van der Waals surface area contributed by atoms with Gasteiger partial charge in [0.15, 0.2) is 0 Å². The first-order chi connectivity index (χ1) is 8.25. The normalized spacial score (nSPS) is 10.8. The van der Waals surface area contributed by atoms with Gasteiger partial charge in [-0.1, -0.05) is 12.1 Å². The molecule has 0 radical (unpaired) electrons. The lowest BCUT2D eigenvalue weighted by Crippen LogP contribution is -2.10. The van der Waals surface area contributed by atoms with Crippen LogP contribution in [0.5, 0.6) is 0 Å². The number of benzene rings is 1. The summed E-state index contributed by atoms with van der Waals surface area (Å²) in [5, 5.41) is 6.12. The van der Waals surface area contributed by atoms with Crippen molar-refractivity contribution in [2.45, 2.75) is 0 Å². The van der Waals surface area contributed by atoms with Crippen molar-refractivity contribution in [3.8, 4) is 11.3 Å². The SMILES string of the molecule is NC(=O)c1ccc(-c2csc3ncnn23)cc1. The molecular formula is C11H8N4OS. The number of primary amides is 1. The number of nitrogens with zero attached hydrogens (tertiary/aromatic N) is 3. The lowest BCUT2D eigenvalue weighted by molar-refractivity contribution is 0.100. The van der Waals surface area contributed by atoms with Gasteiger partial charge in [-0.15, -0.1) is 11.3 Å². The zero-order chi connectivity index (χ0) is 11.8. The molecule has 2 N–H and O–H groups in total. The summed E-state index contributed by atoms with van der Waals surface area (Å²) in [5.74, 6) is -0.423. The molecule has 2 heterocycles. The summed E-state index contributed by atoms with van der Waals surface area (Å²) in [6.07, 6.45) is 1.52. The standard InChI is InChI=1S/C11H8N4OS/c12-10(16)8-3-1-7(2-4-8)9-5-17-11-13-6-14-15(9)11/h1-6H,(H2,12,16). The minimum absolute atomic E-state index is 0.423. The number of carbonyl (C=O) groups excluding carboxylic acids is 1. The van der Waals surface area contributed by atoms with Crippen molar-refractivity contribution in [3.05, 3.63) is 41.5 Å². The summed E-state index contributed by atoms with van der Waals surface area (Å²) < 4.78 is 1.77. The van der Waals surface area contributed by atoms with Crippen LogP contribution in [0.3, 0.4) is 0 Å². The van der Waals surface area contributed by atoms with Crippen LogP contribution in [0.2, 0.25) is 0 Å². The third kappa shape index (κ3) is 1.58. The fourth-order valence-corrected chi connectivity index (χ4v) is 2.44. The van der Waals surface area contributed by atoms with Crippen molar-refractivity contribution in [2.24, 2.45) is 5.73 Å². The second-order valence-corrected chi connectivity index (χ2v) is 4.35. The fraction of sp³-hybridized carbons (Fsp3) is 0. The van der Waals surface area contributed by atoms with E-state index >= 15 is 0 Å². The number of aromatic nitrogens is 3. The molecule has 0 unspecified atom stereocenters. The monoisotopic (exact) mass is 244 g/mol. The molecule has 3 aromatic rings. The maximum atomic E-state index is 11.0. The molecule has 2 aromatic heterocycles. The first-order valence-electron chi connectivity index (χ1n) is 4.93. The number of thiazole rings is 1. The van der Waals surface area contributed by atoms with Crippen LogP contribution < -0.4 is 5.73 Å². The van der Waals surface area contributed by atoms with Crippen LogP contribution in [0.25, 0.3) is 16.2 Å². The Morgan fingerprint density at radius 3 is 2.76 bits per heavy atom. The molecule has 0 spiro atoms. The second-order valence-electron chi connectivity index (χ2n) is 3.52. The van der Waals surface area contributed by atoms with E-state index in [1.165, 1.54) is 17.7 Å². The molecule has 6 heteroatoms. The first-order valence-corrected chi connectivity index (χ1v) is 5.81. The lowest BCUT2D eigenvalue weighted by Gasteiger charge is -2.00. The summed E-state index contributed by atoms with van der Waals surface area (Å²) in [7, 11) is 0. The van der Waals surface area contributed by atoms with Crippen molar-refractivity contribution in [1.82, 2.24) is 14.6 Å². The quantitative estimate of drug-likeness (QED) is 0.743. The molecule has 84 valence electrons. The van der Waals surface area contributed by atoms with Crippen LogP contribution >= 0.6 is 11.3 Å². The van der Waals surface area contributed by atoms with Gasteiger partial charge < -0.3 is 5.73 Å². The van der Waals surface area contributed by atoms with Gasteiger partial charge in [-0.3, -0.25) is 4.79 Å². The Bertz CT molecular complexity index is 683. The molecule has 0 saturated carbocycles. The number of fused-ring (bicyclic) bond motifs is 1. The molecule has 0 saturated heterocycles. The molecule has 0 aliphatic carbocycles. The van der Waals surface area contributed by atoms with Gasteiger partial charge in [-0.05, 0) is 12.1 Å². The van der Waals surface area contributed by atoms with Crippen molar-refractivity contribution >= 4 is 22.2 Å². The highest BCUT2D eigenvalue weighted by Crippen LogP contribution is 2.24. The summed E-state index contributed by atoms with van der Waals surface area (Å²) >= 11 is 1.52. The minimum atomic E-state index is -0.423.